The molecule has 0 bridgehead atoms. The number of rotatable bonds is 7. The SMILES string of the molecule is CCc1ccc(OCC(=O)O[C@@H](C)C(=O)Nc2ccc3c(c2)OCO3)cc1. The van der Waals surface area contributed by atoms with Crippen molar-refractivity contribution in [1.29, 1.82) is 0 Å². The molecule has 1 aliphatic rings. The van der Waals surface area contributed by atoms with Crippen LogP contribution in [0.5, 0.6) is 17.2 Å². The fourth-order valence-corrected chi connectivity index (χ4v) is 2.47. The third-order valence-corrected chi connectivity index (χ3v) is 4.01. The summed E-state index contributed by atoms with van der Waals surface area (Å²) < 4.78 is 21.0. The van der Waals surface area contributed by atoms with Crippen LogP contribution in [0.15, 0.2) is 42.5 Å². The first-order chi connectivity index (χ1) is 13.0. The molecule has 0 spiro atoms. The lowest BCUT2D eigenvalue weighted by atomic mass is 10.2. The number of esters is 1. The van der Waals surface area contributed by atoms with Gasteiger partial charge in [-0.05, 0) is 43.2 Å². The smallest absolute Gasteiger partial charge is 0.344 e. The zero-order valence-electron chi connectivity index (χ0n) is 15.2. The average Bonchev–Trinajstić information content (AvgIpc) is 3.14. The molecule has 7 nitrogen and oxygen atoms in total. The van der Waals surface area contributed by atoms with E-state index in [1.807, 2.05) is 12.1 Å². The minimum absolute atomic E-state index is 0.155. The monoisotopic (exact) mass is 371 g/mol. The molecule has 0 saturated heterocycles. The van der Waals surface area contributed by atoms with E-state index in [1.54, 1.807) is 30.3 Å². The van der Waals surface area contributed by atoms with Crippen LogP contribution in [0.2, 0.25) is 0 Å². The highest BCUT2D eigenvalue weighted by atomic mass is 16.7. The summed E-state index contributed by atoms with van der Waals surface area (Å²) in [4.78, 5) is 24.1. The molecule has 2 aromatic carbocycles. The van der Waals surface area contributed by atoms with Crippen molar-refractivity contribution in [3.63, 3.8) is 0 Å². The van der Waals surface area contributed by atoms with E-state index in [2.05, 4.69) is 12.2 Å². The van der Waals surface area contributed by atoms with E-state index in [-0.39, 0.29) is 13.4 Å². The number of aryl methyl sites for hydroxylation is 1. The Morgan fingerprint density at radius 2 is 1.85 bits per heavy atom. The third-order valence-electron chi connectivity index (χ3n) is 4.01. The lowest BCUT2D eigenvalue weighted by molar-refractivity contribution is -0.155. The van der Waals surface area contributed by atoms with E-state index >= 15 is 0 Å². The van der Waals surface area contributed by atoms with Crippen molar-refractivity contribution in [3.8, 4) is 17.2 Å². The van der Waals surface area contributed by atoms with Crippen LogP contribution in [-0.2, 0) is 20.7 Å². The molecule has 1 amide bonds. The molecule has 0 saturated carbocycles. The minimum atomic E-state index is -0.964. The summed E-state index contributed by atoms with van der Waals surface area (Å²) in [6.45, 7) is 3.44. The van der Waals surface area contributed by atoms with E-state index in [1.165, 1.54) is 12.5 Å². The molecule has 142 valence electrons. The summed E-state index contributed by atoms with van der Waals surface area (Å²) in [6.07, 6.45) is -0.0350. The number of amides is 1. The maximum absolute atomic E-state index is 12.2. The molecule has 1 aliphatic heterocycles. The summed E-state index contributed by atoms with van der Waals surface area (Å²) >= 11 is 0. The Labute approximate surface area is 157 Å². The Kier molecular flexibility index (Phi) is 5.80. The molecule has 7 heteroatoms. The second-order valence-electron chi connectivity index (χ2n) is 5.98. The highest BCUT2D eigenvalue weighted by molar-refractivity contribution is 5.95. The van der Waals surface area contributed by atoms with Crippen LogP contribution in [0.25, 0.3) is 0 Å². The van der Waals surface area contributed by atoms with Crippen molar-refractivity contribution in [1.82, 2.24) is 0 Å². The van der Waals surface area contributed by atoms with Gasteiger partial charge in [-0.3, -0.25) is 4.79 Å². The van der Waals surface area contributed by atoms with Gasteiger partial charge >= 0.3 is 5.97 Å². The molecule has 0 fully saturated rings. The molecule has 27 heavy (non-hydrogen) atoms. The number of fused-ring (bicyclic) bond motifs is 1. The fourth-order valence-electron chi connectivity index (χ4n) is 2.47. The largest absolute Gasteiger partial charge is 0.482 e. The summed E-state index contributed by atoms with van der Waals surface area (Å²) in [5.41, 5.74) is 1.71. The zero-order valence-corrected chi connectivity index (χ0v) is 15.2. The van der Waals surface area contributed by atoms with Crippen LogP contribution in [0.4, 0.5) is 5.69 Å². The number of carbonyl (C=O) groups is 2. The van der Waals surface area contributed by atoms with Crippen molar-refractivity contribution in [2.75, 3.05) is 18.7 Å². The Morgan fingerprint density at radius 3 is 2.59 bits per heavy atom. The van der Waals surface area contributed by atoms with Gasteiger partial charge in [0.1, 0.15) is 5.75 Å². The van der Waals surface area contributed by atoms with Crippen molar-refractivity contribution in [2.24, 2.45) is 0 Å². The molecule has 1 heterocycles. The van der Waals surface area contributed by atoms with Gasteiger partial charge in [0.2, 0.25) is 6.79 Å². The molecule has 0 radical (unpaired) electrons. The van der Waals surface area contributed by atoms with Gasteiger partial charge in [0.15, 0.2) is 24.2 Å². The topological polar surface area (TPSA) is 83.1 Å². The number of ether oxygens (including phenoxy) is 4. The van der Waals surface area contributed by atoms with Gasteiger partial charge in [-0.2, -0.15) is 0 Å². The molecule has 0 aromatic heterocycles. The maximum atomic E-state index is 12.2. The Bertz CT molecular complexity index is 818. The number of benzene rings is 2. The normalized spacial score (nSPS) is 13.0. The summed E-state index contributed by atoms with van der Waals surface area (Å²) in [7, 11) is 0. The number of hydrogen-bond donors (Lipinski definition) is 1. The van der Waals surface area contributed by atoms with E-state index in [4.69, 9.17) is 18.9 Å². The van der Waals surface area contributed by atoms with Crippen LogP contribution >= 0.6 is 0 Å². The van der Waals surface area contributed by atoms with Crippen LogP contribution in [0.1, 0.15) is 19.4 Å². The molecule has 1 atom stereocenters. The van der Waals surface area contributed by atoms with E-state index < -0.39 is 18.0 Å². The first-order valence-corrected chi connectivity index (χ1v) is 8.67. The number of carbonyl (C=O) groups excluding carboxylic acids is 2. The summed E-state index contributed by atoms with van der Waals surface area (Å²) in [6, 6.07) is 12.5. The van der Waals surface area contributed by atoms with Gasteiger partial charge in [-0.15, -0.1) is 0 Å². The predicted molar refractivity (Wildman–Crippen MR) is 98.1 cm³/mol. The van der Waals surface area contributed by atoms with Crippen molar-refractivity contribution in [3.05, 3.63) is 48.0 Å². The predicted octanol–water partition coefficient (Wildman–Crippen LogP) is 2.93. The lowest BCUT2D eigenvalue weighted by Crippen LogP contribution is -2.31. The van der Waals surface area contributed by atoms with Gasteiger partial charge in [0, 0.05) is 11.8 Å². The second-order valence-corrected chi connectivity index (χ2v) is 5.98. The first-order valence-electron chi connectivity index (χ1n) is 8.67. The first kappa shape index (κ1) is 18.6. The van der Waals surface area contributed by atoms with Crippen LogP contribution in [-0.4, -0.2) is 31.4 Å². The van der Waals surface area contributed by atoms with Gasteiger partial charge in [-0.25, -0.2) is 4.79 Å². The van der Waals surface area contributed by atoms with Crippen LogP contribution in [0.3, 0.4) is 0 Å². The molecule has 3 rings (SSSR count). The summed E-state index contributed by atoms with van der Waals surface area (Å²) in [5.74, 6) is 0.676. The Morgan fingerprint density at radius 1 is 1.11 bits per heavy atom. The maximum Gasteiger partial charge on any atom is 0.344 e. The van der Waals surface area contributed by atoms with Crippen molar-refractivity contribution in [2.45, 2.75) is 26.4 Å². The zero-order chi connectivity index (χ0) is 19.2. The van der Waals surface area contributed by atoms with Crippen molar-refractivity contribution < 1.29 is 28.5 Å². The molecule has 2 aromatic rings. The highest BCUT2D eigenvalue weighted by Crippen LogP contribution is 2.34. The van der Waals surface area contributed by atoms with Gasteiger partial charge in [0.05, 0.1) is 0 Å². The standard InChI is InChI=1S/C20H21NO6/c1-3-14-4-7-16(8-5-14)24-11-19(22)27-13(2)20(23)21-15-6-9-17-18(10-15)26-12-25-17/h4-10,13H,3,11-12H2,1-2H3,(H,21,23)/t13-/m0/s1. The third kappa shape index (κ3) is 4.91. The molecule has 0 aliphatic carbocycles. The average molecular weight is 371 g/mol. The van der Waals surface area contributed by atoms with Gasteiger partial charge < -0.3 is 24.3 Å². The number of hydrogen-bond acceptors (Lipinski definition) is 6. The number of nitrogens with one attached hydrogen (secondary N) is 1. The molecule has 1 N–H and O–H groups in total. The van der Waals surface area contributed by atoms with Gasteiger partial charge in [0.25, 0.3) is 5.91 Å². The second kappa shape index (κ2) is 8.44. The Hall–Kier alpha value is -3.22. The van der Waals surface area contributed by atoms with Crippen LogP contribution < -0.4 is 19.5 Å². The fraction of sp³-hybridized carbons (Fsp3) is 0.300. The molecular formula is C20H21NO6. The number of anilines is 1. The minimum Gasteiger partial charge on any atom is -0.482 e. The van der Waals surface area contributed by atoms with E-state index in [0.29, 0.717) is 22.9 Å². The van der Waals surface area contributed by atoms with E-state index in [0.717, 1.165) is 6.42 Å². The molecule has 0 unspecified atom stereocenters. The van der Waals surface area contributed by atoms with Crippen molar-refractivity contribution >= 4 is 17.6 Å². The highest BCUT2D eigenvalue weighted by Gasteiger charge is 2.20. The van der Waals surface area contributed by atoms with Crippen LogP contribution in [0, 0.1) is 0 Å². The summed E-state index contributed by atoms with van der Waals surface area (Å²) in [5, 5.41) is 2.67. The van der Waals surface area contributed by atoms with E-state index in [9.17, 15) is 9.59 Å². The van der Waals surface area contributed by atoms with Gasteiger partial charge in [-0.1, -0.05) is 19.1 Å². The Balaban J connectivity index is 1.46. The lowest BCUT2D eigenvalue weighted by Gasteiger charge is -2.14. The molecular weight excluding hydrogens is 350 g/mol. The quantitative estimate of drug-likeness (QED) is 0.754.